The molecular weight excluding hydrogens is 154 g/mol. The first-order valence-corrected chi connectivity index (χ1v) is 4.41. The number of carbonyl (C=O) groups is 1. The van der Waals surface area contributed by atoms with E-state index in [0.29, 0.717) is 13.2 Å². The molecule has 68 valence electrons. The minimum Gasteiger partial charge on any atom is -0.462 e. The highest BCUT2D eigenvalue weighted by Gasteiger charge is 2.12. The van der Waals surface area contributed by atoms with Gasteiger partial charge in [-0.2, -0.15) is 0 Å². The van der Waals surface area contributed by atoms with Crippen molar-refractivity contribution in [3.05, 3.63) is 11.6 Å². The van der Waals surface area contributed by atoms with Crippen LogP contribution in [0, 0.1) is 0 Å². The number of ether oxygens (including phenoxy) is 1. The first-order valence-electron chi connectivity index (χ1n) is 4.41. The van der Waals surface area contributed by atoms with Gasteiger partial charge in [0.2, 0.25) is 0 Å². The van der Waals surface area contributed by atoms with E-state index >= 15 is 0 Å². The van der Waals surface area contributed by atoms with E-state index in [4.69, 9.17) is 4.74 Å². The maximum absolute atomic E-state index is 11.2. The molecule has 0 saturated heterocycles. The van der Waals surface area contributed by atoms with Gasteiger partial charge in [0.1, 0.15) is 0 Å². The summed E-state index contributed by atoms with van der Waals surface area (Å²) in [5.41, 5.74) is 0.773. The zero-order valence-electron chi connectivity index (χ0n) is 7.43. The normalized spacial score (nSPS) is 16.9. The van der Waals surface area contributed by atoms with Gasteiger partial charge >= 0.3 is 5.97 Å². The fourth-order valence-electron chi connectivity index (χ4n) is 1.09. The molecule has 0 atom stereocenters. The lowest BCUT2D eigenvalue weighted by Gasteiger charge is -2.12. The highest BCUT2D eigenvalue weighted by Crippen LogP contribution is 2.03. The zero-order valence-corrected chi connectivity index (χ0v) is 7.43. The molecule has 1 rings (SSSR count). The largest absolute Gasteiger partial charge is 0.462 e. The van der Waals surface area contributed by atoms with Crippen LogP contribution in [0.5, 0.6) is 0 Å². The quantitative estimate of drug-likeness (QED) is 0.637. The standard InChI is InChI=1S/C9H15NO2/c1-2-6-12-9(11)8-4-3-5-10-7-8/h4,10H,2-3,5-7H2,1H3. The Hall–Kier alpha value is -0.830. The SMILES string of the molecule is CCCOC(=O)C1=CCCNC1. The third kappa shape index (κ3) is 2.66. The van der Waals surface area contributed by atoms with E-state index in [-0.39, 0.29) is 5.97 Å². The molecule has 12 heavy (non-hydrogen) atoms. The number of hydrogen-bond donors (Lipinski definition) is 1. The predicted octanol–water partition coefficient (Wildman–Crippen LogP) is 0.859. The van der Waals surface area contributed by atoms with Crippen molar-refractivity contribution in [2.45, 2.75) is 19.8 Å². The lowest BCUT2D eigenvalue weighted by atomic mass is 10.1. The second-order valence-electron chi connectivity index (χ2n) is 2.83. The third-order valence-electron chi connectivity index (χ3n) is 1.73. The average molecular weight is 169 g/mol. The molecule has 0 spiro atoms. The van der Waals surface area contributed by atoms with Crippen molar-refractivity contribution in [2.24, 2.45) is 0 Å². The summed E-state index contributed by atoms with van der Waals surface area (Å²) in [7, 11) is 0. The van der Waals surface area contributed by atoms with Gasteiger partial charge in [-0.15, -0.1) is 0 Å². The van der Waals surface area contributed by atoms with Crippen molar-refractivity contribution in [1.29, 1.82) is 0 Å². The molecule has 1 heterocycles. The van der Waals surface area contributed by atoms with Gasteiger partial charge in [-0.3, -0.25) is 0 Å². The van der Waals surface area contributed by atoms with Crippen molar-refractivity contribution in [1.82, 2.24) is 5.32 Å². The average Bonchev–Trinajstić information content (AvgIpc) is 2.15. The van der Waals surface area contributed by atoms with Crippen LogP contribution < -0.4 is 5.32 Å². The lowest BCUT2D eigenvalue weighted by molar-refractivity contribution is -0.139. The molecular formula is C9H15NO2. The van der Waals surface area contributed by atoms with E-state index in [2.05, 4.69) is 5.32 Å². The number of rotatable bonds is 3. The van der Waals surface area contributed by atoms with Crippen LogP contribution in [0.4, 0.5) is 0 Å². The molecule has 0 radical (unpaired) electrons. The fourth-order valence-corrected chi connectivity index (χ4v) is 1.09. The summed E-state index contributed by atoms with van der Waals surface area (Å²) in [5.74, 6) is -0.163. The first kappa shape index (κ1) is 9.26. The summed E-state index contributed by atoms with van der Waals surface area (Å²) in [6.45, 7) is 4.13. The van der Waals surface area contributed by atoms with Gasteiger partial charge in [-0.05, 0) is 19.4 Å². The molecule has 0 saturated carbocycles. The Balaban J connectivity index is 2.35. The van der Waals surface area contributed by atoms with Crippen LogP contribution in [-0.4, -0.2) is 25.7 Å². The summed E-state index contributed by atoms with van der Waals surface area (Å²) in [6, 6.07) is 0. The highest BCUT2D eigenvalue weighted by atomic mass is 16.5. The van der Waals surface area contributed by atoms with Crippen LogP contribution in [0.25, 0.3) is 0 Å². The second kappa shape index (κ2) is 4.93. The molecule has 1 aliphatic heterocycles. The van der Waals surface area contributed by atoms with Gasteiger partial charge in [-0.25, -0.2) is 4.79 Å². The molecule has 0 aromatic carbocycles. The second-order valence-corrected chi connectivity index (χ2v) is 2.83. The van der Waals surface area contributed by atoms with Crippen molar-refractivity contribution in [3.63, 3.8) is 0 Å². The Labute approximate surface area is 72.8 Å². The Morgan fingerprint density at radius 2 is 2.58 bits per heavy atom. The maximum atomic E-state index is 11.2. The van der Waals surface area contributed by atoms with Gasteiger partial charge in [0.25, 0.3) is 0 Å². The topological polar surface area (TPSA) is 38.3 Å². The van der Waals surface area contributed by atoms with E-state index in [1.807, 2.05) is 13.0 Å². The Morgan fingerprint density at radius 3 is 3.17 bits per heavy atom. The molecule has 0 bridgehead atoms. The van der Waals surface area contributed by atoms with Crippen LogP contribution in [0.2, 0.25) is 0 Å². The monoisotopic (exact) mass is 169 g/mol. The van der Waals surface area contributed by atoms with Crippen molar-refractivity contribution >= 4 is 5.97 Å². The number of esters is 1. The van der Waals surface area contributed by atoms with E-state index in [1.165, 1.54) is 0 Å². The van der Waals surface area contributed by atoms with E-state index < -0.39 is 0 Å². The Bertz CT molecular complexity index is 187. The Kier molecular flexibility index (Phi) is 3.80. The van der Waals surface area contributed by atoms with Gasteiger partial charge in [-0.1, -0.05) is 13.0 Å². The van der Waals surface area contributed by atoms with E-state index in [0.717, 1.165) is 25.0 Å². The molecule has 0 aromatic rings. The molecule has 0 aliphatic carbocycles. The summed E-state index contributed by atoms with van der Waals surface area (Å²) < 4.78 is 4.98. The number of carbonyl (C=O) groups excluding carboxylic acids is 1. The fraction of sp³-hybridized carbons (Fsp3) is 0.667. The summed E-state index contributed by atoms with van der Waals surface area (Å²) in [5, 5.41) is 3.12. The van der Waals surface area contributed by atoms with Gasteiger partial charge < -0.3 is 10.1 Å². The van der Waals surface area contributed by atoms with Crippen LogP contribution in [0.1, 0.15) is 19.8 Å². The number of hydrogen-bond acceptors (Lipinski definition) is 3. The highest BCUT2D eigenvalue weighted by molar-refractivity contribution is 5.89. The smallest absolute Gasteiger partial charge is 0.334 e. The number of nitrogens with one attached hydrogen (secondary N) is 1. The van der Waals surface area contributed by atoms with Crippen molar-refractivity contribution in [3.8, 4) is 0 Å². The maximum Gasteiger partial charge on any atom is 0.334 e. The van der Waals surface area contributed by atoms with Crippen LogP contribution >= 0.6 is 0 Å². The minimum atomic E-state index is -0.163. The van der Waals surface area contributed by atoms with Gasteiger partial charge in [0.05, 0.1) is 6.61 Å². The van der Waals surface area contributed by atoms with E-state index in [9.17, 15) is 4.79 Å². The van der Waals surface area contributed by atoms with Crippen molar-refractivity contribution in [2.75, 3.05) is 19.7 Å². The first-order chi connectivity index (χ1) is 5.84. The molecule has 0 amide bonds. The van der Waals surface area contributed by atoms with Gasteiger partial charge in [0, 0.05) is 12.1 Å². The molecule has 0 fully saturated rings. The molecule has 0 unspecified atom stereocenters. The van der Waals surface area contributed by atoms with Crippen LogP contribution in [0.15, 0.2) is 11.6 Å². The van der Waals surface area contributed by atoms with E-state index in [1.54, 1.807) is 0 Å². The summed E-state index contributed by atoms with van der Waals surface area (Å²) in [6.07, 6.45) is 3.76. The Morgan fingerprint density at radius 1 is 1.75 bits per heavy atom. The molecule has 3 heteroatoms. The summed E-state index contributed by atoms with van der Waals surface area (Å²) in [4.78, 5) is 11.2. The third-order valence-corrected chi connectivity index (χ3v) is 1.73. The molecule has 0 aromatic heterocycles. The summed E-state index contributed by atoms with van der Waals surface area (Å²) >= 11 is 0. The van der Waals surface area contributed by atoms with Crippen LogP contribution in [-0.2, 0) is 9.53 Å². The van der Waals surface area contributed by atoms with Crippen LogP contribution in [0.3, 0.4) is 0 Å². The molecule has 3 nitrogen and oxygen atoms in total. The molecule has 1 N–H and O–H groups in total. The minimum absolute atomic E-state index is 0.163. The molecule has 1 aliphatic rings. The van der Waals surface area contributed by atoms with Crippen molar-refractivity contribution < 1.29 is 9.53 Å². The van der Waals surface area contributed by atoms with Gasteiger partial charge in [0.15, 0.2) is 0 Å². The lowest BCUT2D eigenvalue weighted by Crippen LogP contribution is -2.27. The predicted molar refractivity (Wildman–Crippen MR) is 46.8 cm³/mol. The zero-order chi connectivity index (χ0) is 8.81.